The van der Waals surface area contributed by atoms with E-state index in [1.54, 1.807) is 24.3 Å². The molecule has 4 aromatic carbocycles. The van der Waals surface area contributed by atoms with Crippen LogP contribution < -0.4 is 0 Å². The summed E-state index contributed by atoms with van der Waals surface area (Å²) in [5, 5.41) is 4.61. The Hall–Kier alpha value is -3.15. The summed E-state index contributed by atoms with van der Waals surface area (Å²) in [7, 11) is -3.79. The zero-order valence-electron chi connectivity index (χ0n) is 16.6. The van der Waals surface area contributed by atoms with Crippen LogP contribution in [0.15, 0.2) is 89.8 Å². The first-order chi connectivity index (χ1) is 14.5. The van der Waals surface area contributed by atoms with Crippen LogP contribution in [0.5, 0.6) is 0 Å². The van der Waals surface area contributed by atoms with Crippen LogP contribution in [-0.4, -0.2) is 19.6 Å². The van der Waals surface area contributed by atoms with Gasteiger partial charge in [0.25, 0.3) is 10.1 Å². The number of aromatic nitrogens is 1. The van der Waals surface area contributed by atoms with Crippen LogP contribution in [0.2, 0.25) is 0 Å². The first-order valence-electron chi connectivity index (χ1n) is 9.89. The van der Waals surface area contributed by atoms with Crippen molar-refractivity contribution in [1.82, 2.24) is 4.57 Å². The lowest BCUT2D eigenvalue weighted by Crippen LogP contribution is -2.12. The van der Waals surface area contributed by atoms with Gasteiger partial charge in [0.2, 0.25) is 0 Å². The molecule has 30 heavy (non-hydrogen) atoms. The van der Waals surface area contributed by atoms with Crippen molar-refractivity contribution in [3.63, 3.8) is 0 Å². The first-order valence-corrected chi connectivity index (χ1v) is 11.3. The van der Waals surface area contributed by atoms with Crippen LogP contribution in [0.1, 0.15) is 5.56 Å². The van der Waals surface area contributed by atoms with E-state index in [1.807, 2.05) is 31.2 Å². The van der Waals surface area contributed by atoms with E-state index in [1.165, 1.54) is 0 Å². The van der Waals surface area contributed by atoms with Gasteiger partial charge in [-0.25, -0.2) is 0 Å². The second-order valence-electron chi connectivity index (χ2n) is 7.44. The van der Waals surface area contributed by atoms with Crippen molar-refractivity contribution in [2.45, 2.75) is 18.4 Å². The number of fused-ring (bicyclic) bond motifs is 5. The number of nitrogens with zero attached hydrogens (tertiary/aromatic N) is 1. The Morgan fingerprint density at radius 2 is 1.47 bits per heavy atom. The maximum absolute atomic E-state index is 12.6. The molecule has 0 saturated heterocycles. The highest BCUT2D eigenvalue weighted by molar-refractivity contribution is 7.86. The highest BCUT2D eigenvalue weighted by atomic mass is 32.2. The fraction of sp³-hybridized carbons (Fsp3) is 0.120. The second kappa shape index (κ2) is 7.27. The number of hydrogen-bond acceptors (Lipinski definition) is 3. The Balaban J connectivity index is 1.55. The lowest BCUT2D eigenvalue weighted by molar-refractivity contribution is 0.304. The van der Waals surface area contributed by atoms with Gasteiger partial charge in [0, 0.05) is 28.2 Å². The summed E-state index contributed by atoms with van der Waals surface area (Å²) in [6.45, 7) is 2.42. The molecule has 0 amide bonds. The molecule has 0 saturated carbocycles. The van der Waals surface area contributed by atoms with Gasteiger partial charge in [-0.3, -0.25) is 4.18 Å². The normalized spacial score (nSPS) is 12.2. The molecule has 150 valence electrons. The van der Waals surface area contributed by atoms with E-state index < -0.39 is 10.1 Å². The van der Waals surface area contributed by atoms with Gasteiger partial charge < -0.3 is 4.57 Å². The second-order valence-corrected chi connectivity index (χ2v) is 9.06. The van der Waals surface area contributed by atoms with Crippen molar-refractivity contribution in [2.24, 2.45) is 0 Å². The van der Waals surface area contributed by atoms with Gasteiger partial charge in [-0.2, -0.15) is 8.42 Å². The molecule has 0 unspecified atom stereocenters. The van der Waals surface area contributed by atoms with Gasteiger partial charge in [-0.15, -0.1) is 0 Å². The van der Waals surface area contributed by atoms with E-state index in [-0.39, 0.29) is 11.5 Å². The average Bonchev–Trinajstić information content (AvgIpc) is 3.08. The third kappa shape index (κ3) is 3.16. The molecule has 1 heterocycles. The van der Waals surface area contributed by atoms with Gasteiger partial charge in [0.15, 0.2) is 0 Å². The minimum atomic E-state index is -3.79. The van der Waals surface area contributed by atoms with Crippen LogP contribution in [-0.2, 0) is 20.8 Å². The van der Waals surface area contributed by atoms with Gasteiger partial charge in [-0.05, 0) is 30.5 Å². The lowest BCUT2D eigenvalue weighted by atomic mass is 10.1. The molecule has 4 nitrogen and oxygen atoms in total. The number of benzene rings is 4. The SMILES string of the molecule is Cc1ccc(S(=O)(=O)OCCn2c3ccccc3c3ccc4ccccc4c32)cc1. The van der Waals surface area contributed by atoms with Crippen molar-refractivity contribution in [3.05, 3.63) is 90.5 Å². The van der Waals surface area contributed by atoms with Crippen LogP contribution in [0, 0.1) is 6.92 Å². The van der Waals surface area contributed by atoms with E-state index in [9.17, 15) is 8.42 Å². The zero-order chi connectivity index (χ0) is 20.7. The topological polar surface area (TPSA) is 48.3 Å². The molecule has 5 heteroatoms. The van der Waals surface area contributed by atoms with Crippen LogP contribution in [0.4, 0.5) is 0 Å². The number of aryl methyl sites for hydroxylation is 1. The minimum absolute atomic E-state index is 0.0627. The van der Waals surface area contributed by atoms with E-state index in [2.05, 4.69) is 41.0 Å². The predicted molar refractivity (Wildman–Crippen MR) is 121 cm³/mol. The van der Waals surface area contributed by atoms with Gasteiger partial charge >= 0.3 is 0 Å². The molecule has 0 aliphatic heterocycles. The minimum Gasteiger partial charge on any atom is -0.338 e. The molecule has 0 atom stereocenters. The molecule has 0 N–H and O–H groups in total. The Bertz CT molecular complexity index is 1480. The third-order valence-corrected chi connectivity index (χ3v) is 6.85. The van der Waals surface area contributed by atoms with Crippen molar-refractivity contribution in [2.75, 3.05) is 6.61 Å². The highest BCUT2D eigenvalue weighted by Gasteiger charge is 2.17. The monoisotopic (exact) mass is 415 g/mol. The largest absolute Gasteiger partial charge is 0.338 e. The van der Waals surface area contributed by atoms with Crippen molar-refractivity contribution >= 4 is 42.7 Å². The highest BCUT2D eigenvalue weighted by Crippen LogP contribution is 2.34. The molecule has 0 fully saturated rings. The Morgan fingerprint density at radius 3 is 2.27 bits per heavy atom. The summed E-state index contributed by atoms with van der Waals surface area (Å²) < 4.78 is 32.7. The standard InChI is InChI=1S/C25H21NO3S/c1-18-10-13-20(14-11-18)30(27,28)29-17-16-26-24-9-5-4-8-22(24)23-15-12-19-6-2-3-7-21(19)25(23)26/h2-15H,16-17H2,1H3. The predicted octanol–water partition coefficient (Wildman–Crippen LogP) is 5.66. The number of hydrogen-bond donors (Lipinski definition) is 0. The maximum atomic E-state index is 12.6. The Labute approximate surface area is 175 Å². The summed E-state index contributed by atoms with van der Waals surface area (Å²) in [5.74, 6) is 0. The fourth-order valence-electron chi connectivity index (χ4n) is 4.06. The van der Waals surface area contributed by atoms with E-state index >= 15 is 0 Å². The Morgan fingerprint density at radius 1 is 0.767 bits per heavy atom. The van der Waals surface area contributed by atoms with Gasteiger partial charge in [0.05, 0.1) is 17.0 Å². The molecule has 0 aliphatic carbocycles. The van der Waals surface area contributed by atoms with Crippen molar-refractivity contribution in [1.29, 1.82) is 0 Å². The van der Waals surface area contributed by atoms with Crippen LogP contribution in [0.3, 0.4) is 0 Å². The number of para-hydroxylation sites is 1. The van der Waals surface area contributed by atoms with Crippen LogP contribution >= 0.6 is 0 Å². The summed E-state index contributed by atoms with van der Waals surface area (Å²) >= 11 is 0. The summed E-state index contributed by atoms with van der Waals surface area (Å²) in [5.41, 5.74) is 3.18. The van der Waals surface area contributed by atoms with Crippen LogP contribution in [0.25, 0.3) is 32.6 Å². The van der Waals surface area contributed by atoms with E-state index in [0.717, 1.165) is 38.1 Å². The van der Waals surface area contributed by atoms with Gasteiger partial charge in [0.1, 0.15) is 0 Å². The first kappa shape index (κ1) is 18.9. The lowest BCUT2D eigenvalue weighted by Gasteiger charge is -2.11. The summed E-state index contributed by atoms with van der Waals surface area (Å²) in [6, 6.07) is 27.4. The molecule has 0 spiro atoms. The average molecular weight is 416 g/mol. The molecule has 0 aliphatic rings. The van der Waals surface area contributed by atoms with Crippen molar-refractivity contribution in [3.8, 4) is 0 Å². The van der Waals surface area contributed by atoms with E-state index in [4.69, 9.17) is 4.18 Å². The molecule has 5 aromatic rings. The Kier molecular flexibility index (Phi) is 4.57. The van der Waals surface area contributed by atoms with E-state index in [0.29, 0.717) is 6.54 Å². The maximum Gasteiger partial charge on any atom is 0.297 e. The fourth-order valence-corrected chi connectivity index (χ4v) is 4.96. The number of rotatable bonds is 5. The third-order valence-electron chi connectivity index (χ3n) is 5.52. The van der Waals surface area contributed by atoms with Gasteiger partial charge in [-0.1, -0.05) is 72.3 Å². The summed E-state index contributed by atoms with van der Waals surface area (Å²) in [4.78, 5) is 0.181. The molecular weight excluding hydrogens is 394 g/mol. The zero-order valence-corrected chi connectivity index (χ0v) is 17.4. The molecular formula is C25H21NO3S. The molecule has 0 bridgehead atoms. The summed E-state index contributed by atoms with van der Waals surface area (Å²) in [6.07, 6.45) is 0. The molecule has 1 aromatic heterocycles. The molecule has 5 rings (SSSR count). The molecule has 0 radical (unpaired) electrons. The van der Waals surface area contributed by atoms with Crippen molar-refractivity contribution < 1.29 is 12.6 Å². The quantitative estimate of drug-likeness (QED) is 0.348. The smallest absolute Gasteiger partial charge is 0.297 e.